The molecule has 0 fully saturated rings. The molecule has 0 spiro atoms. The average Bonchev–Trinajstić information content (AvgIpc) is 3.30. The van der Waals surface area contributed by atoms with E-state index in [0.717, 1.165) is 0 Å². The second-order valence-corrected chi connectivity index (χ2v) is 7.94. The molecule has 2 amide bonds. The van der Waals surface area contributed by atoms with Crippen molar-refractivity contribution < 1.29 is 23.5 Å². The van der Waals surface area contributed by atoms with Crippen molar-refractivity contribution in [3.63, 3.8) is 0 Å². The average molecular weight is 492 g/mol. The van der Waals surface area contributed by atoms with Crippen LogP contribution in [0.2, 0.25) is 0 Å². The van der Waals surface area contributed by atoms with Crippen LogP contribution in [0.25, 0.3) is 11.0 Å². The quantitative estimate of drug-likeness (QED) is 0.342. The van der Waals surface area contributed by atoms with Gasteiger partial charge in [-0.05, 0) is 54.1 Å². The van der Waals surface area contributed by atoms with Gasteiger partial charge in [0.1, 0.15) is 29.7 Å². The van der Waals surface area contributed by atoms with E-state index in [4.69, 9.17) is 9.47 Å². The van der Waals surface area contributed by atoms with E-state index in [0.29, 0.717) is 34.6 Å². The smallest absolute Gasteiger partial charge is 0.249 e. The molecule has 0 aliphatic heterocycles. The third-order valence-corrected chi connectivity index (χ3v) is 5.62. The van der Waals surface area contributed by atoms with E-state index in [1.54, 1.807) is 30.3 Å². The Balaban J connectivity index is 1.77. The summed E-state index contributed by atoms with van der Waals surface area (Å²) in [5.74, 6) is -0.705. The summed E-state index contributed by atoms with van der Waals surface area (Å²) in [5.41, 5.74) is 2.23. The summed E-state index contributed by atoms with van der Waals surface area (Å²) < 4.78 is 25.5. The molecule has 3 aromatic carbocycles. The number of para-hydroxylation sites is 1. The number of ether oxygens (including phenoxy) is 2. The molecule has 0 radical (unpaired) electrons. The van der Waals surface area contributed by atoms with Gasteiger partial charge in [0.15, 0.2) is 0 Å². The molecular weight excluding hydrogens is 465 g/mol. The molecule has 0 unspecified atom stereocenters. The fraction of sp³-hybridized carbons (Fsp3) is 0.231. The molecule has 9 nitrogen and oxygen atoms in total. The Morgan fingerprint density at radius 3 is 2.44 bits per heavy atom. The maximum Gasteiger partial charge on any atom is 0.249 e. The highest BCUT2D eigenvalue weighted by Gasteiger charge is 2.33. The van der Waals surface area contributed by atoms with E-state index in [9.17, 15) is 14.0 Å². The molecule has 1 aromatic heterocycles. The van der Waals surface area contributed by atoms with Gasteiger partial charge in [-0.15, -0.1) is 5.10 Å². The number of carbonyl (C=O) groups excluding carboxylic acids is 2. The molecule has 0 aliphatic rings. The fourth-order valence-corrected chi connectivity index (χ4v) is 3.85. The lowest BCUT2D eigenvalue weighted by atomic mass is 10.0. The molecule has 1 atom stereocenters. The topological polar surface area (TPSA) is 98.6 Å². The number of rotatable bonds is 10. The molecule has 1 heterocycles. The number of aromatic nitrogens is 3. The minimum Gasteiger partial charge on any atom is -0.497 e. The van der Waals surface area contributed by atoms with Crippen LogP contribution in [0.15, 0.2) is 72.8 Å². The zero-order valence-electron chi connectivity index (χ0n) is 19.9. The van der Waals surface area contributed by atoms with Crippen LogP contribution in [0.3, 0.4) is 0 Å². The summed E-state index contributed by atoms with van der Waals surface area (Å²) in [6.45, 7) is 0.365. The lowest BCUT2D eigenvalue weighted by Crippen LogP contribution is -2.46. The van der Waals surface area contributed by atoms with E-state index in [-0.39, 0.29) is 13.1 Å². The van der Waals surface area contributed by atoms with E-state index >= 15 is 0 Å². The van der Waals surface area contributed by atoms with Crippen LogP contribution in [-0.4, -0.2) is 54.2 Å². The Morgan fingerprint density at radius 2 is 1.75 bits per heavy atom. The third-order valence-electron chi connectivity index (χ3n) is 5.62. The Kier molecular flexibility index (Phi) is 7.86. The van der Waals surface area contributed by atoms with Gasteiger partial charge in [0.25, 0.3) is 0 Å². The minimum atomic E-state index is -1.09. The molecule has 10 heteroatoms. The number of halogens is 1. The van der Waals surface area contributed by atoms with Gasteiger partial charge in [-0.25, -0.2) is 9.07 Å². The van der Waals surface area contributed by atoms with E-state index in [1.165, 1.54) is 48.1 Å². The molecule has 4 rings (SSSR count). The van der Waals surface area contributed by atoms with Crippen molar-refractivity contribution >= 4 is 28.5 Å². The predicted octanol–water partition coefficient (Wildman–Crippen LogP) is 3.12. The number of fused-ring (bicyclic) bond motifs is 1. The number of methoxy groups -OCH3 is 2. The monoisotopic (exact) mass is 491 g/mol. The summed E-state index contributed by atoms with van der Waals surface area (Å²) in [7, 11) is 3.07. The van der Waals surface area contributed by atoms with Crippen molar-refractivity contribution in [3.05, 3.63) is 84.2 Å². The highest BCUT2D eigenvalue weighted by Crippen LogP contribution is 2.30. The van der Waals surface area contributed by atoms with Crippen molar-refractivity contribution in [2.45, 2.75) is 12.6 Å². The fourth-order valence-electron chi connectivity index (χ4n) is 3.85. The van der Waals surface area contributed by atoms with Crippen LogP contribution < -0.4 is 15.0 Å². The first kappa shape index (κ1) is 24.8. The molecule has 1 N–H and O–H groups in total. The number of hydrogen-bond acceptors (Lipinski definition) is 6. The second kappa shape index (κ2) is 11.4. The first-order valence-corrected chi connectivity index (χ1v) is 11.3. The van der Waals surface area contributed by atoms with Crippen LogP contribution in [0, 0.1) is 5.82 Å². The second-order valence-electron chi connectivity index (χ2n) is 7.94. The van der Waals surface area contributed by atoms with Gasteiger partial charge >= 0.3 is 0 Å². The standard InChI is InChI=1S/C26H26FN5O4/c1-35-16-15-28-26(34)25(18-7-9-19(27)10-8-18)32(20-11-13-21(36-2)14-12-20)24(33)17-31-23-6-4-3-5-22(23)29-30-31/h3-14,25H,15-17H2,1-2H3,(H,28,34)/t25-/m0/s1. The number of anilines is 1. The van der Waals surface area contributed by atoms with Crippen LogP contribution in [-0.2, 0) is 20.9 Å². The number of amides is 2. The summed E-state index contributed by atoms with van der Waals surface area (Å²) in [4.78, 5) is 28.7. The van der Waals surface area contributed by atoms with Crippen LogP contribution in [0.1, 0.15) is 11.6 Å². The maximum atomic E-state index is 13.9. The summed E-state index contributed by atoms with van der Waals surface area (Å²) >= 11 is 0. The predicted molar refractivity (Wildman–Crippen MR) is 132 cm³/mol. The molecule has 186 valence electrons. The summed E-state index contributed by atoms with van der Waals surface area (Å²) in [6, 6.07) is 18.5. The molecule has 0 bridgehead atoms. The lowest BCUT2D eigenvalue weighted by Gasteiger charge is -2.31. The van der Waals surface area contributed by atoms with Crippen LogP contribution >= 0.6 is 0 Å². The van der Waals surface area contributed by atoms with Crippen molar-refractivity contribution in [2.75, 3.05) is 32.3 Å². The molecule has 0 aliphatic carbocycles. The van der Waals surface area contributed by atoms with Crippen molar-refractivity contribution in [1.29, 1.82) is 0 Å². The third kappa shape index (κ3) is 5.49. The van der Waals surface area contributed by atoms with Gasteiger partial charge in [0.2, 0.25) is 11.8 Å². The highest BCUT2D eigenvalue weighted by molar-refractivity contribution is 6.01. The number of carbonyl (C=O) groups is 2. The first-order chi connectivity index (χ1) is 17.5. The molecular formula is C26H26FN5O4. The minimum absolute atomic E-state index is 0.171. The van der Waals surface area contributed by atoms with E-state index < -0.39 is 23.7 Å². The number of benzene rings is 3. The van der Waals surface area contributed by atoms with Crippen molar-refractivity contribution in [2.24, 2.45) is 0 Å². The van der Waals surface area contributed by atoms with Gasteiger partial charge in [-0.1, -0.05) is 29.5 Å². The van der Waals surface area contributed by atoms with E-state index in [2.05, 4.69) is 15.6 Å². The summed E-state index contributed by atoms with van der Waals surface area (Å²) in [6.07, 6.45) is 0. The van der Waals surface area contributed by atoms with Gasteiger partial charge < -0.3 is 14.8 Å². The largest absolute Gasteiger partial charge is 0.497 e. The molecule has 0 saturated heterocycles. The first-order valence-electron chi connectivity index (χ1n) is 11.3. The van der Waals surface area contributed by atoms with E-state index in [1.807, 2.05) is 18.2 Å². The zero-order chi connectivity index (χ0) is 25.5. The Labute approximate surface area is 207 Å². The zero-order valence-corrected chi connectivity index (χ0v) is 19.9. The number of nitrogens with one attached hydrogen (secondary N) is 1. The van der Waals surface area contributed by atoms with Crippen molar-refractivity contribution in [3.8, 4) is 5.75 Å². The van der Waals surface area contributed by atoms with Gasteiger partial charge in [0.05, 0.1) is 19.2 Å². The van der Waals surface area contributed by atoms with Gasteiger partial charge in [-0.2, -0.15) is 0 Å². The SMILES string of the molecule is COCCNC(=O)[C@H](c1ccc(F)cc1)N(C(=O)Cn1nnc2ccccc21)c1ccc(OC)cc1. The number of nitrogens with zero attached hydrogens (tertiary/aromatic N) is 4. The number of hydrogen-bond donors (Lipinski definition) is 1. The maximum absolute atomic E-state index is 13.9. The Hall–Kier alpha value is -4.31. The highest BCUT2D eigenvalue weighted by atomic mass is 19.1. The summed E-state index contributed by atoms with van der Waals surface area (Å²) in [5, 5.41) is 11.0. The lowest BCUT2D eigenvalue weighted by molar-refractivity contribution is -0.127. The Bertz CT molecular complexity index is 1320. The van der Waals surface area contributed by atoms with Crippen LogP contribution in [0.4, 0.5) is 10.1 Å². The van der Waals surface area contributed by atoms with Crippen LogP contribution in [0.5, 0.6) is 5.75 Å². The van der Waals surface area contributed by atoms with Gasteiger partial charge in [-0.3, -0.25) is 14.5 Å². The normalized spacial score (nSPS) is 11.8. The molecule has 4 aromatic rings. The van der Waals surface area contributed by atoms with Crippen molar-refractivity contribution in [1.82, 2.24) is 20.3 Å². The molecule has 36 heavy (non-hydrogen) atoms. The molecule has 0 saturated carbocycles. The Morgan fingerprint density at radius 1 is 1.03 bits per heavy atom. The van der Waals surface area contributed by atoms with Gasteiger partial charge in [0, 0.05) is 19.3 Å².